The van der Waals surface area contributed by atoms with Gasteiger partial charge in [-0.2, -0.15) is 0 Å². The summed E-state index contributed by atoms with van der Waals surface area (Å²) in [6.07, 6.45) is 1.18. The molecule has 2 heterocycles. The number of nitrogens with one attached hydrogen (secondary N) is 2. The number of hydrogen-bond acceptors (Lipinski definition) is 9. The highest BCUT2D eigenvalue weighted by atomic mass is 32.1. The van der Waals surface area contributed by atoms with Gasteiger partial charge in [-0.1, -0.05) is 79.7 Å². The highest BCUT2D eigenvalue weighted by molar-refractivity contribution is 7.14. The van der Waals surface area contributed by atoms with Crippen molar-refractivity contribution in [2.45, 2.75) is 58.2 Å². The van der Waals surface area contributed by atoms with Crippen LogP contribution >= 0.6 is 11.3 Å². The number of rotatable bonds is 14. The van der Waals surface area contributed by atoms with E-state index in [4.69, 9.17) is 15.3 Å². The summed E-state index contributed by atoms with van der Waals surface area (Å²) in [5.41, 5.74) is 7.78. The van der Waals surface area contributed by atoms with Crippen LogP contribution in [0.3, 0.4) is 0 Å². The van der Waals surface area contributed by atoms with Crippen LogP contribution in [0.15, 0.2) is 78.0 Å². The molecular formula is C34H41N5O6S. The second kappa shape index (κ2) is 16.7. The van der Waals surface area contributed by atoms with E-state index in [1.165, 1.54) is 11.3 Å². The first-order valence-electron chi connectivity index (χ1n) is 15.4. The minimum absolute atomic E-state index is 0.0666. The van der Waals surface area contributed by atoms with E-state index >= 15 is 0 Å². The molecule has 244 valence electrons. The molecule has 0 radical (unpaired) electrons. The Balaban J connectivity index is 1.51. The van der Waals surface area contributed by atoms with Crippen molar-refractivity contribution in [3.05, 3.63) is 93.7 Å². The number of oxime groups is 1. The van der Waals surface area contributed by atoms with Gasteiger partial charge in [0.15, 0.2) is 5.84 Å². The molecular weight excluding hydrogens is 606 g/mol. The Kier molecular flexibility index (Phi) is 12.4. The first kappa shape index (κ1) is 34.3. The summed E-state index contributed by atoms with van der Waals surface area (Å²) in [6, 6.07) is 21.4. The molecule has 2 aromatic carbocycles. The number of likely N-dealkylation sites (tertiary alicyclic amines) is 1. The third-order valence-corrected chi connectivity index (χ3v) is 8.69. The Bertz CT molecular complexity index is 1470. The Morgan fingerprint density at radius 3 is 2.26 bits per heavy atom. The fourth-order valence-corrected chi connectivity index (χ4v) is 6.12. The summed E-state index contributed by atoms with van der Waals surface area (Å²) in [6.45, 7) is 5.83. The van der Waals surface area contributed by atoms with E-state index in [1.807, 2.05) is 66.7 Å². The van der Waals surface area contributed by atoms with Crippen LogP contribution in [0, 0.1) is 5.92 Å². The standard InChI is InChI=1S/C34H41N5O6S/c1-4-44-28(40)21-36-30(29(23-12-7-5-8-13-23)24-14-9-6-10-15-24)33(42)39-19-11-16-26(39)32(41)37-20-25-17-18-27(46-25)31(35)38-45-34(43)22(2)3/h5-10,12-15,17-18,22,26,29-30,36H,4,11,16,19-21H2,1-3H3,(H2,35,38)(H,37,41)/t26-,30+/m0/s1. The normalized spacial score (nSPS) is 15.5. The van der Waals surface area contributed by atoms with Crippen molar-refractivity contribution in [1.82, 2.24) is 15.5 Å². The van der Waals surface area contributed by atoms with Gasteiger partial charge in [0, 0.05) is 17.3 Å². The smallest absolute Gasteiger partial charge is 0.337 e. The zero-order valence-electron chi connectivity index (χ0n) is 26.3. The molecule has 1 aromatic heterocycles. The van der Waals surface area contributed by atoms with Crippen LogP contribution in [0.2, 0.25) is 0 Å². The summed E-state index contributed by atoms with van der Waals surface area (Å²) < 4.78 is 5.15. The molecule has 4 N–H and O–H groups in total. The molecule has 3 aromatic rings. The van der Waals surface area contributed by atoms with E-state index in [2.05, 4.69) is 15.8 Å². The van der Waals surface area contributed by atoms with Crippen LogP contribution in [0.1, 0.15) is 60.4 Å². The molecule has 12 heteroatoms. The molecule has 1 saturated heterocycles. The van der Waals surface area contributed by atoms with Crippen molar-refractivity contribution in [1.29, 1.82) is 0 Å². The third kappa shape index (κ3) is 9.01. The Labute approximate surface area is 273 Å². The molecule has 0 saturated carbocycles. The zero-order valence-corrected chi connectivity index (χ0v) is 27.1. The lowest BCUT2D eigenvalue weighted by Crippen LogP contribution is -2.55. The van der Waals surface area contributed by atoms with Crippen molar-refractivity contribution >= 4 is 40.9 Å². The summed E-state index contributed by atoms with van der Waals surface area (Å²) >= 11 is 1.31. The van der Waals surface area contributed by atoms with Gasteiger partial charge < -0.3 is 25.5 Å². The Hall–Kier alpha value is -4.55. The minimum atomic E-state index is -0.838. The maximum absolute atomic E-state index is 14.4. The van der Waals surface area contributed by atoms with Gasteiger partial charge in [0.05, 0.1) is 36.5 Å². The van der Waals surface area contributed by atoms with Gasteiger partial charge in [0.1, 0.15) is 6.04 Å². The van der Waals surface area contributed by atoms with Crippen molar-refractivity contribution in [2.75, 3.05) is 19.7 Å². The average molecular weight is 648 g/mol. The van der Waals surface area contributed by atoms with Crippen LogP contribution in [-0.2, 0) is 35.3 Å². The number of nitrogens with two attached hydrogens (primary N) is 1. The maximum atomic E-state index is 14.4. The van der Waals surface area contributed by atoms with Gasteiger partial charge in [-0.25, -0.2) is 4.79 Å². The van der Waals surface area contributed by atoms with Gasteiger partial charge in [-0.15, -0.1) is 11.3 Å². The number of amidine groups is 1. The van der Waals surface area contributed by atoms with Gasteiger partial charge >= 0.3 is 11.9 Å². The lowest BCUT2D eigenvalue weighted by atomic mass is 9.84. The molecule has 46 heavy (non-hydrogen) atoms. The summed E-state index contributed by atoms with van der Waals surface area (Å²) in [5, 5.41) is 9.86. The molecule has 0 aliphatic carbocycles. The van der Waals surface area contributed by atoms with Crippen molar-refractivity contribution < 1.29 is 28.8 Å². The Morgan fingerprint density at radius 1 is 1.00 bits per heavy atom. The minimum Gasteiger partial charge on any atom is -0.465 e. The number of nitrogens with zero attached hydrogens (tertiary/aromatic N) is 2. The summed E-state index contributed by atoms with van der Waals surface area (Å²) in [7, 11) is 0. The fraction of sp³-hybridized carbons (Fsp3) is 0.382. The number of thiophene rings is 1. The quantitative estimate of drug-likeness (QED) is 0.0790. The summed E-state index contributed by atoms with van der Waals surface area (Å²) in [5.74, 6) is -2.18. The number of ether oxygens (including phenoxy) is 1. The largest absolute Gasteiger partial charge is 0.465 e. The van der Waals surface area contributed by atoms with Gasteiger partial charge in [0.25, 0.3) is 0 Å². The third-order valence-electron chi connectivity index (χ3n) is 7.58. The lowest BCUT2D eigenvalue weighted by molar-refractivity contribution is -0.147. The molecule has 0 spiro atoms. The van der Waals surface area contributed by atoms with E-state index in [-0.39, 0.29) is 43.3 Å². The predicted molar refractivity (Wildman–Crippen MR) is 176 cm³/mol. The highest BCUT2D eigenvalue weighted by Gasteiger charge is 2.40. The predicted octanol–water partition coefficient (Wildman–Crippen LogP) is 3.53. The van der Waals surface area contributed by atoms with Gasteiger partial charge in [0.2, 0.25) is 11.8 Å². The van der Waals surface area contributed by atoms with Crippen molar-refractivity contribution in [3.63, 3.8) is 0 Å². The van der Waals surface area contributed by atoms with Crippen LogP contribution < -0.4 is 16.4 Å². The molecule has 1 aliphatic heterocycles. The number of carbonyl (C=O) groups excluding carboxylic acids is 4. The molecule has 0 bridgehead atoms. The van der Waals surface area contributed by atoms with E-state index < -0.39 is 29.9 Å². The van der Waals surface area contributed by atoms with Gasteiger partial charge in [-0.3, -0.25) is 19.7 Å². The van der Waals surface area contributed by atoms with Crippen LogP contribution in [-0.4, -0.2) is 66.3 Å². The fourth-order valence-electron chi connectivity index (χ4n) is 5.28. The zero-order chi connectivity index (χ0) is 33.1. The molecule has 4 rings (SSSR count). The molecule has 0 unspecified atom stereocenters. The number of hydrogen-bond donors (Lipinski definition) is 3. The molecule has 2 amide bonds. The SMILES string of the molecule is CCOC(=O)CN[C@@H](C(=O)N1CCC[C@H]1C(=O)NCc1ccc(/C(N)=N/OC(=O)C(C)C)s1)C(c1ccccc1)c1ccccc1. The van der Waals surface area contributed by atoms with Crippen molar-refractivity contribution in [3.8, 4) is 0 Å². The number of carbonyl (C=O) groups is 4. The van der Waals surface area contributed by atoms with E-state index in [0.29, 0.717) is 24.3 Å². The first-order valence-corrected chi connectivity index (χ1v) is 16.2. The number of esters is 1. The summed E-state index contributed by atoms with van der Waals surface area (Å²) in [4.78, 5) is 59.9. The van der Waals surface area contributed by atoms with Gasteiger partial charge in [-0.05, 0) is 43.0 Å². The molecule has 1 aliphatic rings. The molecule has 2 atom stereocenters. The second-order valence-corrected chi connectivity index (χ2v) is 12.3. The lowest BCUT2D eigenvalue weighted by Gasteiger charge is -2.33. The molecule has 11 nitrogen and oxygen atoms in total. The highest BCUT2D eigenvalue weighted by Crippen LogP contribution is 2.31. The van der Waals surface area contributed by atoms with Crippen LogP contribution in [0.5, 0.6) is 0 Å². The van der Waals surface area contributed by atoms with E-state index in [1.54, 1.807) is 31.7 Å². The maximum Gasteiger partial charge on any atom is 0.337 e. The van der Waals surface area contributed by atoms with E-state index in [0.717, 1.165) is 16.0 Å². The van der Waals surface area contributed by atoms with Crippen molar-refractivity contribution in [2.24, 2.45) is 16.8 Å². The second-order valence-electron chi connectivity index (χ2n) is 11.2. The Morgan fingerprint density at radius 2 is 1.65 bits per heavy atom. The number of amides is 2. The first-order chi connectivity index (χ1) is 22.2. The van der Waals surface area contributed by atoms with Crippen LogP contribution in [0.25, 0.3) is 0 Å². The average Bonchev–Trinajstić information content (AvgIpc) is 3.75. The monoisotopic (exact) mass is 647 g/mol. The number of benzene rings is 2. The topological polar surface area (TPSA) is 152 Å². The molecule has 1 fully saturated rings. The van der Waals surface area contributed by atoms with E-state index in [9.17, 15) is 19.2 Å². The van der Waals surface area contributed by atoms with Crippen LogP contribution in [0.4, 0.5) is 0 Å².